The molecule has 1 fully saturated rings. The molecular weight excluding hydrogens is 296 g/mol. The number of halogens is 1. The highest BCUT2D eigenvalue weighted by Crippen LogP contribution is 2.31. The topological polar surface area (TPSA) is 52.8 Å². The molecule has 2 unspecified atom stereocenters. The van der Waals surface area contributed by atoms with Crippen molar-refractivity contribution >= 4 is 34.5 Å². The zero-order valence-electron chi connectivity index (χ0n) is 11.5. The second-order valence-electron chi connectivity index (χ2n) is 4.98. The predicted octanol–water partition coefficient (Wildman–Crippen LogP) is 2.89. The van der Waals surface area contributed by atoms with Gasteiger partial charge >= 0.3 is 0 Å². The standard InChI is InChI=1S/C13H17ClN4OS/c1-8(14)11-17-10-12(15-7-16-13(10)19-2)18(11)5-9-3-4-20-6-9/h7-9H,3-6H2,1-2H3. The van der Waals surface area contributed by atoms with Gasteiger partial charge in [-0.15, -0.1) is 11.6 Å². The molecule has 5 nitrogen and oxygen atoms in total. The largest absolute Gasteiger partial charge is 0.479 e. The molecule has 0 aliphatic carbocycles. The Labute approximate surface area is 127 Å². The number of nitrogens with zero attached hydrogens (tertiary/aromatic N) is 4. The molecule has 1 aliphatic heterocycles. The maximum Gasteiger partial charge on any atom is 0.245 e. The molecular formula is C13H17ClN4OS. The summed E-state index contributed by atoms with van der Waals surface area (Å²) in [5, 5.41) is -0.164. The van der Waals surface area contributed by atoms with E-state index in [1.54, 1.807) is 7.11 Å². The summed E-state index contributed by atoms with van der Waals surface area (Å²) in [5.41, 5.74) is 1.51. The average molecular weight is 313 g/mol. The third-order valence-electron chi connectivity index (χ3n) is 3.54. The molecule has 2 atom stereocenters. The Morgan fingerprint density at radius 3 is 3.05 bits per heavy atom. The zero-order valence-corrected chi connectivity index (χ0v) is 13.1. The molecule has 0 amide bonds. The highest BCUT2D eigenvalue weighted by Gasteiger charge is 2.23. The zero-order chi connectivity index (χ0) is 14.1. The van der Waals surface area contributed by atoms with Crippen molar-refractivity contribution in [3.05, 3.63) is 12.2 Å². The van der Waals surface area contributed by atoms with Gasteiger partial charge in [0.15, 0.2) is 11.2 Å². The molecule has 0 aromatic carbocycles. The number of rotatable bonds is 4. The highest BCUT2D eigenvalue weighted by atomic mass is 35.5. The average Bonchev–Trinajstić information content (AvgIpc) is 3.07. The minimum atomic E-state index is -0.164. The number of ether oxygens (including phenoxy) is 1. The van der Waals surface area contributed by atoms with Crippen LogP contribution in [0.5, 0.6) is 5.88 Å². The van der Waals surface area contributed by atoms with Crippen LogP contribution >= 0.6 is 23.4 Å². The van der Waals surface area contributed by atoms with E-state index in [4.69, 9.17) is 16.3 Å². The Hall–Kier alpha value is -1.01. The first-order chi connectivity index (χ1) is 9.70. The van der Waals surface area contributed by atoms with E-state index in [-0.39, 0.29) is 5.38 Å². The van der Waals surface area contributed by atoms with E-state index in [1.165, 1.54) is 24.3 Å². The van der Waals surface area contributed by atoms with E-state index in [1.807, 2.05) is 18.7 Å². The normalized spacial score (nSPS) is 20.4. The molecule has 20 heavy (non-hydrogen) atoms. The molecule has 0 spiro atoms. The van der Waals surface area contributed by atoms with Crippen LogP contribution in [0.1, 0.15) is 24.5 Å². The first kappa shape index (κ1) is 13.9. The van der Waals surface area contributed by atoms with Crippen molar-refractivity contribution in [2.45, 2.75) is 25.3 Å². The first-order valence-electron chi connectivity index (χ1n) is 6.67. The number of fused-ring (bicyclic) bond motifs is 1. The lowest BCUT2D eigenvalue weighted by atomic mass is 10.1. The Balaban J connectivity index is 2.08. The number of imidazole rings is 1. The Morgan fingerprint density at radius 2 is 2.40 bits per heavy atom. The van der Waals surface area contributed by atoms with Crippen LogP contribution in [0, 0.1) is 5.92 Å². The van der Waals surface area contributed by atoms with E-state index >= 15 is 0 Å². The fraction of sp³-hybridized carbons (Fsp3) is 0.615. The molecule has 0 N–H and O–H groups in total. The van der Waals surface area contributed by atoms with Gasteiger partial charge in [-0.25, -0.2) is 9.97 Å². The molecule has 7 heteroatoms. The van der Waals surface area contributed by atoms with Crippen LogP contribution in [0.15, 0.2) is 6.33 Å². The predicted molar refractivity (Wildman–Crippen MR) is 81.6 cm³/mol. The summed E-state index contributed by atoms with van der Waals surface area (Å²) in [7, 11) is 1.60. The van der Waals surface area contributed by atoms with Crippen molar-refractivity contribution in [2.75, 3.05) is 18.6 Å². The van der Waals surface area contributed by atoms with Gasteiger partial charge in [-0.3, -0.25) is 0 Å². The molecule has 2 aromatic heterocycles. The number of hydrogen-bond acceptors (Lipinski definition) is 5. The van der Waals surface area contributed by atoms with E-state index in [9.17, 15) is 0 Å². The van der Waals surface area contributed by atoms with Crippen molar-refractivity contribution in [3.63, 3.8) is 0 Å². The van der Waals surface area contributed by atoms with Crippen LogP contribution in [-0.4, -0.2) is 38.1 Å². The lowest BCUT2D eigenvalue weighted by Gasteiger charge is -2.13. The van der Waals surface area contributed by atoms with Crippen molar-refractivity contribution < 1.29 is 4.74 Å². The van der Waals surface area contributed by atoms with Crippen molar-refractivity contribution in [2.24, 2.45) is 5.92 Å². The van der Waals surface area contributed by atoms with Crippen LogP contribution in [0.3, 0.4) is 0 Å². The molecule has 3 rings (SSSR count). The fourth-order valence-electron chi connectivity index (χ4n) is 2.55. The summed E-state index contributed by atoms with van der Waals surface area (Å²) in [6.45, 7) is 2.85. The minimum absolute atomic E-state index is 0.164. The van der Waals surface area contributed by atoms with E-state index in [0.29, 0.717) is 17.3 Å². The molecule has 0 radical (unpaired) electrons. The van der Waals surface area contributed by atoms with Crippen molar-refractivity contribution in [1.29, 1.82) is 0 Å². The van der Waals surface area contributed by atoms with Crippen molar-refractivity contribution in [3.8, 4) is 5.88 Å². The van der Waals surface area contributed by atoms with Crippen LogP contribution in [-0.2, 0) is 6.54 Å². The molecule has 0 bridgehead atoms. The van der Waals surface area contributed by atoms with Crippen LogP contribution in [0.25, 0.3) is 11.2 Å². The molecule has 2 aromatic rings. The summed E-state index contributed by atoms with van der Waals surface area (Å²) in [4.78, 5) is 13.1. The lowest BCUT2D eigenvalue weighted by molar-refractivity contribution is 0.401. The number of thioether (sulfide) groups is 1. The molecule has 108 valence electrons. The van der Waals surface area contributed by atoms with E-state index in [0.717, 1.165) is 18.0 Å². The number of alkyl halides is 1. The Bertz CT molecular complexity index is 610. The summed E-state index contributed by atoms with van der Waals surface area (Å²) < 4.78 is 7.40. The Morgan fingerprint density at radius 1 is 1.55 bits per heavy atom. The third-order valence-corrected chi connectivity index (χ3v) is 4.97. The Kier molecular flexibility index (Phi) is 4.03. The SMILES string of the molecule is COc1ncnc2c1nc(C(C)Cl)n2CC1CCSC1. The monoisotopic (exact) mass is 312 g/mol. The third kappa shape index (κ3) is 2.46. The smallest absolute Gasteiger partial charge is 0.245 e. The molecule has 1 saturated heterocycles. The second-order valence-corrected chi connectivity index (χ2v) is 6.79. The maximum atomic E-state index is 6.28. The highest BCUT2D eigenvalue weighted by molar-refractivity contribution is 7.99. The van der Waals surface area contributed by atoms with Gasteiger partial charge in [0.2, 0.25) is 5.88 Å². The van der Waals surface area contributed by atoms with E-state index in [2.05, 4.69) is 19.5 Å². The summed E-state index contributed by atoms with van der Waals surface area (Å²) in [6, 6.07) is 0. The summed E-state index contributed by atoms with van der Waals surface area (Å²) in [5.74, 6) is 4.44. The van der Waals surface area contributed by atoms with Gasteiger partial charge in [-0.1, -0.05) is 0 Å². The quantitative estimate of drug-likeness (QED) is 0.813. The summed E-state index contributed by atoms with van der Waals surface area (Å²) >= 11 is 8.29. The molecule has 3 heterocycles. The molecule has 1 aliphatic rings. The van der Waals surface area contributed by atoms with Gasteiger partial charge in [0.1, 0.15) is 12.2 Å². The van der Waals surface area contributed by atoms with Gasteiger partial charge in [-0.05, 0) is 30.8 Å². The number of aromatic nitrogens is 4. The van der Waals surface area contributed by atoms with Crippen LogP contribution < -0.4 is 4.74 Å². The van der Waals surface area contributed by atoms with E-state index < -0.39 is 0 Å². The van der Waals surface area contributed by atoms with Gasteiger partial charge in [0.05, 0.1) is 12.5 Å². The summed E-state index contributed by atoms with van der Waals surface area (Å²) in [6.07, 6.45) is 2.76. The first-order valence-corrected chi connectivity index (χ1v) is 8.26. The number of methoxy groups -OCH3 is 1. The van der Waals surface area contributed by atoms with Gasteiger partial charge < -0.3 is 9.30 Å². The van der Waals surface area contributed by atoms with Gasteiger partial charge in [0.25, 0.3) is 0 Å². The van der Waals surface area contributed by atoms with Gasteiger partial charge in [0, 0.05) is 6.54 Å². The minimum Gasteiger partial charge on any atom is -0.479 e. The second kappa shape index (κ2) is 5.77. The lowest BCUT2D eigenvalue weighted by Crippen LogP contribution is -2.13. The van der Waals surface area contributed by atoms with Gasteiger partial charge in [-0.2, -0.15) is 16.7 Å². The fourth-order valence-corrected chi connectivity index (χ4v) is 3.99. The van der Waals surface area contributed by atoms with Crippen LogP contribution in [0.2, 0.25) is 0 Å². The maximum absolute atomic E-state index is 6.28. The molecule has 0 saturated carbocycles. The number of hydrogen-bond donors (Lipinski definition) is 0. The van der Waals surface area contributed by atoms with Crippen LogP contribution in [0.4, 0.5) is 0 Å². The van der Waals surface area contributed by atoms with Crippen molar-refractivity contribution in [1.82, 2.24) is 19.5 Å².